The van der Waals surface area contributed by atoms with Crippen molar-refractivity contribution in [3.05, 3.63) is 0 Å². The van der Waals surface area contributed by atoms with Gasteiger partial charge in [0.25, 0.3) is 0 Å². The number of aliphatic hydroxyl groups is 1. The average molecular weight is 279 g/mol. The Kier molecular flexibility index (Phi) is 3.39. The lowest BCUT2D eigenvalue weighted by molar-refractivity contribution is -0.153. The van der Waals surface area contributed by atoms with Crippen LogP contribution in [0.2, 0.25) is 0 Å². The van der Waals surface area contributed by atoms with Gasteiger partial charge in [-0.15, -0.1) is 0 Å². The Labute approximate surface area is 120 Å². The maximum atomic E-state index is 12.9. The summed E-state index contributed by atoms with van der Waals surface area (Å²) in [6.07, 6.45) is 7.83. The molecule has 0 aromatic heterocycles. The highest BCUT2D eigenvalue weighted by Crippen LogP contribution is 2.50. The molecule has 2 unspecified atom stereocenters. The van der Waals surface area contributed by atoms with E-state index in [0.29, 0.717) is 12.3 Å². The van der Waals surface area contributed by atoms with Gasteiger partial charge in [-0.3, -0.25) is 14.5 Å². The molecule has 2 amide bonds. The monoisotopic (exact) mass is 279 g/mol. The van der Waals surface area contributed by atoms with Crippen molar-refractivity contribution in [2.24, 2.45) is 11.3 Å². The van der Waals surface area contributed by atoms with Crippen LogP contribution in [0, 0.1) is 11.3 Å². The fourth-order valence-electron chi connectivity index (χ4n) is 4.77. The van der Waals surface area contributed by atoms with Gasteiger partial charge in [0.2, 0.25) is 11.8 Å². The zero-order valence-electron chi connectivity index (χ0n) is 12.4. The Morgan fingerprint density at radius 1 is 1.20 bits per heavy atom. The van der Waals surface area contributed by atoms with Crippen LogP contribution >= 0.6 is 0 Å². The molecule has 1 spiro atoms. The molecule has 0 bridgehead atoms. The summed E-state index contributed by atoms with van der Waals surface area (Å²) in [7, 11) is 0. The van der Waals surface area contributed by atoms with E-state index in [9.17, 15) is 14.7 Å². The number of rotatable bonds is 2. The zero-order chi connectivity index (χ0) is 14.4. The van der Waals surface area contributed by atoms with Gasteiger partial charge in [0, 0.05) is 6.42 Å². The number of nitrogens with zero attached hydrogens (tertiary/aromatic N) is 1. The topological polar surface area (TPSA) is 57.6 Å². The Bertz CT molecular complexity index is 427. The Balaban J connectivity index is 1.91. The van der Waals surface area contributed by atoms with E-state index in [1.807, 2.05) is 0 Å². The summed E-state index contributed by atoms with van der Waals surface area (Å²) < 4.78 is 0. The van der Waals surface area contributed by atoms with Crippen LogP contribution in [-0.2, 0) is 9.59 Å². The largest absolute Gasteiger partial charge is 0.394 e. The molecule has 2 saturated carbocycles. The lowest BCUT2D eigenvalue weighted by Gasteiger charge is -2.44. The highest BCUT2D eigenvalue weighted by atomic mass is 16.3. The molecule has 1 saturated heterocycles. The van der Waals surface area contributed by atoms with Gasteiger partial charge in [0.1, 0.15) is 0 Å². The Morgan fingerprint density at radius 2 is 1.90 bits per heavy atom. The van der Waals surface area contributed by atoms with Crippen molar-refractivity contribution in [3.63, 3.8) is 0 Å². The number of hydrogen-bond acceptors (Lipinski definition) is 3. The van der Waals surface area contributed by atoms with Crippen molar-refractivity contribution in [2.75, 3.05) is 6.61 Å². The summed E-state index contributed by atoms with van der Waals surface area (Å²) in [6, 6.07) is 0. The highest BCUT2D eigenvalue weighted by molar-refractivity contribution is 6.06. The summed E-state index contributed by atoms with van der Waals surface area (Å²) in [6.45, 7) is 2.07. The number of amides is 2. The van der Waals surface area contributed by atoms with Gasteiger partial charge in [-0.2, -0.15) is 0 Å². The van der Waals surface area contributed by atoms with Crippen LogP contribution in [0.1, 0.15) is 64.7 Å². The third-order valence-electron chi connectivity index (χ3n) is 5.79. The van der Waals surface area contributed by atoms with Crippen LogP contribution in [0.3, 0.4) is 0 Å². The maximum absolute atomic E-state index is 12.9. The van der Waals surface area contributed by atoms with Crippen molar-refractivity contribution < 1.29 is 14.7 Å². The highest BCUT2D eigenvalue weighted by Gasteiger charge is 2.58. The predicted molar refractivity (Wildman–Crippen MR) is 74.8 cm³/mol. The van der Waals surface area contributed by atoms with Crippen molar-refractivity contribution in [1.29, 1.82) is 0 Å². The first-order valence-corrected chi connectivity index (χ1v) is 8.01. The minimum absolute atomic E-state index is 0.0168. The van der Waals surface area contributed by atoms with Crippen LogP contribution in [0.5, 0.6) is 0 Å². The van der Waals surface area contributed by atoms with Crippen molar-refractivity contribution >= 4 is 11.8 Å². The fourth-order valence-corrected chi connectivity index (χ4v) is 4.77. The van der Waals surface area contributed by atoms with Crippen LogP contribution in [0.25, 0.3) is 0 Å². The fraction of sp³-hybridized carbons (Fsp3) is 0.875. The van der Waals surface area contributed by atoms with Crippen LogP contribution in [0.4, 0.5) is 0 Å². The van der Waals surface area contributed by atoms with E-state index in [1.165, 1.54) is 4.90 Å². The van der Waals surface area contributed by atoms with E-state index in [1.54, 1.807) is 0 Å². The van der Waals surface area contributed by atoms with Gasteiger partial charge in [-0.05, 0) is 31.6 Å². The normalized spacial score (nSPS) is 37.1. The third-order valence-corrected chi connectivity index (χ3v) is 5.79. The molecule has 3 fully saturated rings. The van der Waals surface area contributed by atoms with Crippen molar-refractivity contribution in [1.82, 2.24) is 4.90 Å². The molecule has 20 heavy (non-hydrogen) atoms. The molecular weight excluding hydrogens is 254 g/mol. The molecule has 2 atom stereocenters. The summed E-state index contributed by atoms with van der Waals surface area (Å²) in [5, 5.41) is 9.94. The van der Waals surface area contributed by atoms with Gasteiger partial charge >= 0.3 is 0 Å². The zero-order valence-corrected chi connectivity index (χ0v) is 12.4. The second-order valence-electron chi connectivity index (χ2n) is 7.28. The van der Waals surface area contributed by atoms with Crippen molar-refractivity contribution in [2.45, 2.75) is 70.3 Å². The summed E-state index contributed by atoms with van der Waals surface area (Å²) in [4.78, 5) is 26.9. The summed E-state index contributed by atoms with van der Waals surface area (Å²) in [5.74, 6) is 0.444. The lowest BCUT2D eigenvalue weighted by Crippen LogP contribution is -2.57. The number of carbonyl (C=O) groups excluding carboxylic acids is 2. The molecule has 2 aliphatic carbocycles. The Hall–Kier alpha value is -0.900. The molecule has 1 aliphatic heterocycles. The van der Waals surface area contributed by atoms with E-state index < -0.39 is 11.0 Å². The third kappa shape index (κ3) is 1.92. The molecular formula is C16H25NO3. The number of likely N-dealkylation sites (tertiary alicyclic amines) is 1. The molecule has 4 nitrogen and oxygen atoms in total. The molecule has 0 radical (unpaired) electrons. The van der Waals surface area contributed by atoms with Gasteiger partial charge < -0.3 is 5.11 Å². The summed E-state index contributed by atoms with van der Waals surface area (Å²) in [5.41, 5.74) is -1.03. The van der Waals surface area contributed by atoms with Gasteiger partial charge in [-0.1, -0.05) is 32.6 Å². The van der Waals surface area contributed by atoms with E-state index in [-0.39, 0.29) is 18.4 Å². The first-order valence-electron chi connectivity index (χ1n) is 8.01. The molecule has 3 aliphatic rings. The van der Waals surface area contributed by atoms with Crippen LogP contribution in [0.15, 0.2) is 0 Å². The molecule has 1 heterocycles. The van der Waals surface area contributed by atoms with E-state index in [0.717, 1.165) is 51.4 Å². The summed E-state index contributed by atoms with van der Waals surface area (Å²) >= 11 is 0. The maximum Gasteiger partial charge on any atom is 0.236 e. The van der Waals surface area contributed by atoms with Crippen molar-refractivity contribution in [3.8, 4) is 0 Å². The number of aliphatic hydroxyl groups excluding tert-OH is 1. The number of hydrogen-bond donors (Lipinski definition) is 1. The number of imide groups is 1. The first-order chi connectivity index (χ1) is 9.53. The first kappa shape index (κ1) is 14.1. The minimum atomic E-state index is -0.613. The van der Waals surface area contributed by atoms with Gasteiger partial charge in [-0.25, -0.2) is 0 Å². The molecule has 0 aromatic carbocycles. The second kappa shape index (κ2) is 4.83. The molecule has 0 aromatic rings. The minimum Gasteiger partial charge on any atom is -0.394 e. The molecule has 1 N–H and O–H groups in total. The molecule has 112 valence electrons. The Morgan fingerprint density at radius 3 is 2.50 bits per heavy atom. The van der Waals surface area contributed by atoms with Gasteiger partial charge in [0.15, 0.2) is 0 Å². The standard InChI is InChI=1S/C16H25NO3/c1-12-5-4-8-16(9-12,11-18)17-13(19)10-15(14(17)20)6-2-3-7-15/h12,18H,2-11H2,1H3. The molecule has 4 heteroatoms. The van der Waals surface area contributed by atoms with E-state index >= 15 is 0 Å². The second-order valence-corrected chi connectivity index (χ2v) is 7.28. The smallest absolute Gasteiger partial charge is 0.236 e. The lowest BCUT2D eigenvalue weighted by atomic mass is 9.75. The van der Waals surface area contributed by atoms with E-state index in [4.69, 9.17) is 0 Å². The average Bonchev–Trinajstić information content (AvgIpc) is 2.97. The van der Waals surface area contributed by atoms with Crippen LogP contribution in [-0.4, -0.2) is 34.0 Å². The van der Waals surface area contributed by atoms with E-state index in [2.05, 4.69) is 6.92 Å². The number of carbonyl (C=O) groups is 2. The quantitative estimate of drug-likeness (QED) is 0.789. The predicted octanol–water partition coefficient (Wildman–Crippen LogP) is 2.25. The van der Waals surface area contributed by atoms with Gasteiger partial charge in [0.05, 0.1) is 17.6 Å². The molecule has 3 rings (SSSR count). The van der Waals surface area contributed by atoms with Crippen LogP contribution < -0.4 is 0 Å². The SMILES string of the molecule is CC1CCCC(CO)(N2C(=O)CC3(CCCC3)C2=O)C1.